The Bertz CT molecular complexity index is 342. The van der Waals surface area contributed by atoms with Crippen molar-refractivity contribution in [1.82, 2.24) is 9.78 Å². The number of hydrogen-bond acceptors (Lipinski definition) is 3. The van der Waals surface area contributed by atoms with Crippen molar-refractivity contribution in [3.63, 3.8) is 0 Å². The molecular formula is C10H18N4. The first kappa shape index (κ1) is 9.37. The number of nitrogens with two attached hydrogens (primary N) is 1. The van der Waals surface area contributed by atoms with Crippen molar-refractivity contribution in [2.45, 2.75) is 20.3 Å². The Morgan fingerprint density at radius 2 is 2.21 bits per heavy atom. The Hall–Kier alpha value is -1.19. The Balaban J connectivity index is 2.31. The van der Waals surface area contributed by atoms with Crippen molar-refractivity contribution in [1.29, 1.82) is 0 Å². The highest BCUT2D eigenvalue weighted by Crippen LogP contribution is 2.29. The van der Waals surface area contributed by atoms with Gasteiger partial charge in [0.25, 0.3) is 0 Å². The first-order chi connectivity index (χ1) is 6.59. The highest BCUT2D eigenvalue weighted by atomic mass is 15.4. The highest BCUT2D eigenvalue weighted by molar-refractivity contribution is 5.66. The van der Waals surface area contributed by atoms with E-state index in [1.165, 1.54) is 6.42 Å². The van der Waals surface area contributed by atoms with Crippen molar-refractivity contribution in [2.24, 2.45) is 13.0 Å². The van der Waals surface area contributed by atoms with E-state index in [9.17, 15) is 0 Å². The molecule has 1 aliphatic heterocycles. The SMILES string of the molecule is Cc1nn(C)c(N2CCC(C)C2)c1N. The molecule has 1 fully saturated rings. The second-order valence-electron chi connectivity index (χ2n) is 4.29. The predicted octanol–water partition coefficient (Wildman–Crippen LogP) is 1.16. The molecule has 2 heterocycles. The fourth-order valence-electron chi connectivity index (χ4n) is 2.16. The van der Waals surface area contributed by atoms with Gasteiger partial charge in [0, 0.05) is 20.1 Å². The number of hydrogen-bond donors (Lipinski definition) is 1. The summed E-state index contributed by atoms with van der Waals surface area (Å²) in [4.78, 5) is 2.33. The number of aryl methyl sites for hydroxylation is 2. The summed E-state index contributed by atoms with van der Waals surface area (Å²) in [6.07, 6.45) is 1.25. The highest BCUT2D eigenvalue weighted by Gasteiger charge is 2.24. The fourth-order valence-corrected chi connectivity index (χ4v) is 2.16. The lowest BCUT2D eigenvalue weighted by molar-refractivity contribution is 0.655. The van der Waals surface area contributed by atoms with E-state index in [0.29, 0.717) is 0 Å². The molecule has 0 aliphatic carbocycles. The lowest BCUT2D eigenvalue weighted by atomic mass is 10.2. The van der Waals surface area contributed by atoms with Crippen LogP contribution in [-0.4, -0.2) is 22.9 Å². The van der Waals surface area contributed by atoms with Crippen molar-refractivity contribution in [3.8, 4) is 0 Å². The van der Waals surface area contributed by atoms with E-state index in [0.717, 1.165) is 36.2 Å². The molecule has 1 aromatic heterocycles. The van der Waals surface area contributed by atoms with Crippen LogP contribution in [0.5, 0.6) is 0 Å². The number of rotatable bonds is 1. The first-order valence-corrected chi connectivity index (χ1v) is 5.13. The molecule has 0 spiro atoms. The quantitative estimate of drug-likeness (QED) is 0.729. The van der Waals surface area contributed by atoms with Crippen molar-refractivity contribution >= 4 is 11.5 Å². The van der Waals surface area contributed by atoms with Crippen molar-refractivity contribution in [3.05, 3.63) is 5.69 Å². The maximum absolute atomic E-state index is 6.00. The minimum Gasteiger partial charge on any atom is -0.394 e. The molecule has 0 aromatic carbocycles. The number of anilines is 2. The molecule has 4 nitrogen and oxygen atoms in total. The maximum atomic E-state index is 6.00. The van der Waals surface area contributed by atoms with E-state index in [-0.39, 0.29) is 0 Å². The summed E-state index contributed by atoms with van der Waals surface area (Å²) in [6, 6.07) is 0. The van der Waals surface area contributed by atoms with Gasteiger partial charge in [-0.1, -0.05) is 6.92 Å². The van der Waals surface area contributed by atoms with Crippen LogP contribution in [-0.2, 0) is 7.05 Å². The molecule has 14 heavy (non-hydrogen) atoms. The average molecular weight is 194 g/mol. The predicted molar refractivity (Wildman–Crippen MR) is 58.4 cm³/mol. The van der Waals surface area contributed by atoms with E-state index in [4.69, 9.17) is 5.73 Å². The van der Waals surface area contributed by atoms with E-state index in [1.807, 2.05) is 18.7 Å². The van der Waals surface area contributed by atoms with E-state index < -0.39 is 0 Å². The summed E-state index contributed by atoms with van der Waals surface area (Å²) in [7, 11) is 1.96. The summed E-state index contributed by atoms with van der Waals surface area (Å²) in [5.41, 5.74) is 7.77. The Morgan fingerprint density at radius 3 is 2.64 bits per heavy atom. The molecule has 0 bridgehead atoms. The molecule has 1 atom stereocenters. The second-order valence-corrected chi connectivity index (χ2v) is 4.29. The zero-order chi connectivity index (χ0) is 10.3. The minimum atomic E-state index is 0.768. The zero-order valence-corrected chi connectivity index (χ0v) is 9.12. The van der Waals surface area contributed by atoms with E-state index in [2.05, 4.69) is 16.9 Å². The van der Waals surface area contributed by atoms with Gasteiger partial charge in [-0.2, -0.15) is 5.10 Å². The molecule has 4 heteroatoms. The van der Waals surface area contributed by atoms with Gasteiger partial charge in [0.1, 0.15) is 5.82 Å². The van der Waals surface area contributed by atoms with Gasteiger partial charge in [-0.15, -0.1) is 0 Å². The van der Waals surface area contributed by atoms with Gasteiger partial charge >= 0.3 is 0 Å². The topological polar surface area (TPSA) is 47.1 Å². The first-order valence-electron chi connectivity index (χ1n) is 5.13. The Labute approximate surface area is 84.7 Å². The molecule has 0 radical (unpaired) electrons. The van der Waals surface area contributed by atoms with Crippen LogP contribution in [0.3, 0.4) is 0 Å². The van der Waals surface area contributed by atoms with Crippen LogP contribution in [0, 0.1) is 12.8 Å². The van der Waals surface area contributed by atoms with Crippen LogP contribution in [0.15, 0.2) is 0 Å². The fraction of sp³-hybridized carbons (Fsp3) is 0.700. The summed E-state index contributed by atoms with van der Waals surface area (Å²) in [5.74, 6) is 1.86. The van der Waals surface area contributed by atoms with E-state index in [1.54, 1.807) is 0 Å². The molecule has 1 unspecified atom stereocenters. The molecule has 2 rings (SSSR count). The summed E-state index contributed by atoms with van der Waals surface area (Å²) in [5, 5.41) is 4.33. The van der Waals surface area contributed by atoms with Crippen LogP contribution in [0.4, 0.5) is 11.5 Å². The molecular weight excluding hydrogens is 176 g/mol. The summed E-state index contributed by atoms with van der Waals surface area (Å²) >= 11 is 0. The van der Waals surface area contributed by atoms with Gasteiger partial charge in [-0.3, -0.25) is 4.68 Å². The lowest BCUT2D eigenvalue weighted by Crippen LogP contribution is -2.22. The number of nitrogens with zero attached hydrogens (tertiary/aromatic N) is 3. The van der Waals surface area contributed by atoms with Gasteiger partial charge in [0.05, 0.1) is 11.4 Å². The molecule has 2 N–H and O–H groups in total. The largest absolute Gasteiger partial charge is 0.394 e. The normalized spacial score (nSPS) is 21.9. The van der Waals surface area contributed by atoms with Crippen LogP contribution < -0.4 is 10.6 Å². The Morgan fingerprint density at radius 1 is 1.50 bits per heavy atom. The monoisotopic (exact) mass is 194 g/mol. The molecule has 1 aliphatic rings. The zero-order valence-electron chi connectivity index (χ0n) is 9.12. The second kappa shape index (κ2) is 3.19. The third-order valence-corrected chi connectivity index (χ3v) is 2.96. The standard InChI is InChI=1S/C10H18N4/c1-7-4-5-14(6-7)10-9(11)8(2)12-13(10)3/h7H,4-6,11H2,1-3H3. The van der Waals surface area contributed by atoms with Gasteiger partial charge in [0.15, 0.2) is 0 Å². The van der Waals surface area contributed by atoms with Crippen LogP contribution in [0.2, 0.25) is 0 Å². The van der Waals surface area contributed by atoms with E-state index >= 15 is 0 Å². The third-order valence-electron chi connectivity index (χ3n) is 2.96. The molecule has 1 saturated heterocycles. The van der Waals surface area contributed by atoms with Gasteiger partial charge in [0.2, 0.25) is 0 Å². The number of nitrogen functional groups attached to an aromatic ring is 1. The van der Waals surface area contributed by atoms with Crippen LogP contribution >= 0.6 is 0 Å². The average Bonchev–Trinajstić information content (AvgIpc) is 2.60. The van der Waals surface area contributed by atoms with Crippen LogP contribution in [0.1, 0.15) is 19.0 Å². The molecule has 1 aromatic rings. The minimum absolute atomic E-state index is 0.768. The lowest BCUT2D eigenvalue weighted by Gasteiger charge is -2.18. The van der Waals surface area contributed by atoms with Crippen molar-refractivity contribution < 1.29 is 0 Å². The summed E-state index contributed by atoms with van der Waals surface area (Å²) < 4.78 is 1.89. The van der Waals surface area contributed by atoms with Gasteiger partial charge < -0.3 is 10.6 Å². The maximum Gasteiger partial charge on any atom is 0.150 e. The molecule has 0 saturated carbocycles. The summed E-state index contributed by atoms with van der Waals surface area (Å²) in [6.45, 7) is 6.44. The molecule has 0 amide bonds. The molecule has 78 valence electrons. The third kappa shape index (κ3) is 1.35. The van der Waals surface area contributed by atoms with Crippen LogP contribution in [0.25, 0.3) is 0 Å². The Kier molecular flexibility index (Phi) is 2.13. The number of aromatic nitrogens is 2. The van der Waals surface area contributed by atoms with Gasteiger partial charge in [-0.05, 0) is 19.3 Å². The smallest absolute Gasteiger partial charge is 0.150 e. The van der Waals surface area contributed by atoms with Crippen molar-refractivity contribution in [2.75, 3.05) is 23.7 Å². The van der Waals surface area contributed by atoms with Gasteiger partial charge in [-0.25, -0.2) is 0 Å².